The van der Waals surface area contributed by atoms with E-state index in [1.54, 1.807) is 14.0 Å². The lowest BCUT2D eigenvalue weighted by Crippen LogP contribution is -2.46. The van der Waals surface area contributed by atoms with Crippen molar-refractivity contribution in [1.29, 1.82) is 0 Å². The molecule has 4 nitrogen and oxygen atoms in total. The van der Waals surface area contributed by atoms with Gasteiger partial charge in [-0.1, -0.05) is 39.0 Å². The molecule has 0 bridgehead atoms. The van der Waals surface area contributed by atoms with Crippen LogP contribution in [0.15, 0.2) is 0 Å². The molecule has 4 heteroatoms. The van der Waals surface area contributed by atoms with E-state index < -0.39 is 11.5 Å². The summed E-state index contributed by atoms with van der Waals surface area (Å²) in [6.07, 6.45) is 7.02. The molecule has 1 rings (SSSR count). The fourth-order valence-electron chi connectivity index (χ4n) is 3.06. The first kappa shape index (κ1) is 17.2. The molecule has 1 unspecified atom stereocenters. The van der Waals surface area contributed by atoms with E-state index in [2.05, 4.69) is 0 Å². The van der Waals surface area contributed by atoms with E-state index in [9.17, 15) is 9.59 Å². The molecule has 116 valence electrons. The molecule has 1 fully saturated rings. The average Bonchev–Trinajstić information content (AvgIpc) is 2.70. The van der Waals surface area contributed by atoms with Crippen LogP contribution in [0.4, 0.5) is 0 Å². The monoisotopic (exact) mass is 284 g/mol. The minimum Gasteiger partial charge on any atom is -0.465 e. The Morgan fingerprint density at radius 3 is 2.15 bits per heavy atom. The molecule has 20 heavy (non-hydrogen) atoms. The van der Waals surface area contributed by atoms with Gasteiger partial charge in [-0.25, -0.2) is 0 Å². The van der Waals surface area contributed by atoms with Gasteiger partial charge in [-0.2, -0.15) is 0 Å². The van der Waals surface area contributed by atoms with E-state index in [4.69, 9.17) is 9.47 Å². The Balaban J connectivity index is 2.91. The van der Waals surface area contributed by atoms with E-state index in [-0.39, 0.29) is 11.8 Å². The number of esters is 1. The summed E-state index contributed by atoms with van der Waals surface area (Å²) in [5, 5.41) is 0. The minimum absolute atomic E-state index is 0.0674. The predicted octanol–water partition coefficient (Wildman–Crippen LogP) is 3.27. The Morgan fingerprint density at radius 2 is 1.70 bits per heavy atom. The first-order valence-corrected chi connectivity index (χ1v) is 7.87. The number of hydrogen-bond acceptors (Lipinski definition) is 4. The number of methoxy groups -OCH3 is 1. The maximum atomic E-state index is 12.9. The van der Waals surface area contributed by atoms with Crippen LogP contribution < -0.4 is 0 Å². The van der Waals surface area contributed by atoms with Crippen molar-refractivity contribution in [1.82, 2.24) is 0 Å². The lowest BCUT2D eigenvalue weighted by Gasteiger charge is -2.32. The summed E-state index contributed by atoms with van der Waals surface area (Å²) in [4.78, 5) is 24.9. The fourth-order valence-corrected chi connectivity index (χ4v) is 3.06. The van der Waals surface area contributed by atoms with E-state index >= 15 is 0 Å². The Kier molecular flexibility index (Phi) is 7.20. The topological polar surface area (TPSA) is 52.6 Å². The molecule has 0 amide bonds. The molecule has 0 aliphatic heterocycles. The molecule has 0 aromatic rings. The van der Waals surface area contributed by atoms with Gasteiger partial charge in [-0.3, -0.25) is 9.59 Å². The molecular weight excluding hydrogens is 256 g/mol. The van der Waals surface area contributed by atoms with Crippen molar-refractivity contribution in [3.05, 3.63) is 0 Å². The van der Waals surface area contributed by atoms with Gasteiger partial charge in [0.2, 0.25) is 0 Å². The first-order chi connectivity index (χ1) is 9.61. The van der Waals surface area contributed by atoms with Gasteiger partial charge in [-0.15, -0.1) is 0 Å². The highest BCUT2D eigenvalue weighted by atomic mass is 16.5. The van der Waals surface area contributed by atoms with Crippen LogP contribution in [0.5, 0.6) is 0 Å². The van der Waals surface area contributed by atoms with Crippen LogP contribution in [-0.2, 0) is 19.1 Å². The highest BCUT2D eigenvalue weighted by Gasteiger charge is 2.44. The van der Waals surface area contributed by atoms with Gasteiger partial charge in [0.1, 0.15) is 11.5 Å². The smallest absolute Gasteiger partial charge is 0.316 e. The molecule has 0 aromatic heterocycles. The minimum atomic E-state index is -0.775. The van der Waals surface area contributed by atoms with Gasteiger partial charge in [0.05, 0.1) is 6.61 Å². The average molecular weight is 284 g/mol. The summed E-state index contributed by atoms with van der Waals surface area (Å²) in [7, 11) is 1.59. The number of rotatable bonds is 7. The van der Waals surface area contributed by atoms with Crippen LogP contribution in [-0.4, -0.2) is 31.1 Å². The first-order valence-electron chi connectivity index (χ1n) is 7.87. The van der Waals surface area contributed by atoms with Crippen molar-refractivity contribution < 1.29 is 19.1 Å². The predicted molar refractivity (Wildman–Crippen MR) is 77.5 cm³/mol. The number of ketones is 1. The number of carbonyl (C=O) groups is 2. The Bertz CT molecular complexity index is 316. The van der Waals surface area contributed by atoms with Crippen molar-refractivity contribution in [2.45, 2.75) is 70.8 Å². The van der Waals surface area contributed by atoms with Crippen molar-refractivity contribution in [3.8, 4) is 0 Å². The van der Waals surface area contributed by atoms with Crippen LogP contribution in [0.2, 0.25) is 0 Å². The van der Waals surface area contributed by atoms with Crippen molar-refractivity contribution >= 4 is 11.8 Å². The van der Waals surface area contributed by atoms with Crippen molar-refractivity contribution in [2.75, 3.05) is 13.7 Å². The number of ether oxygens (including phenoxy) is 2. The van der Waals surface area contributed by atoms with Crippen LogP contribution in [0.25, 0.3) is 0 Å². The number of carbonyl (C=O) groups excluding carboxylic acids is 2. The van der Waals surface area contributed by atoms with Gasteiger partial charge >= 0.3 is 5.97 Å². The summed E-state index contributed by atoms with van der Waals surface area (Å²) >= 11 is 0. The van der Waals surface area contributed by atoms with Gasteiger partial charge in [0.25, 0.3) is 0 Å². The summed E-state index contributed by atoms with van der Waals surface area (Å²) < 4.78 is 10.7. The van der Waals surface area contributed by atoms with Gasteiger partial charge in [0, 0.05) is 7.11 Å². The van der Waals surface area contributed by atoms with Crippen LogP contribution >= 0.6 is 0 Å². The summed E-state index contributed by atoms with van der Waals surface area (Å²) in [6, 6.07) is 0. The molecule has 1 saturated carbocycles. The standard InChI is InChI=1S/C16H28O4/c1-4-10-13(15(18)20-5-2)14(17)16(19-3)11-8-6-7-9-12-16/h13H,4-12H2,1-3H3. The highest BCUT2D eigenvalue weighted by Crippen LogP contribution is 2.34. The lowest BCUT2D eigenvalue weighted by molar-refractivity contribution is -0.161. The molecule has 0 saturated heterocycles. The van der Waals surface area contributed by atoms with Crippen molar-refractivity contribution in [3.63, 3.8) is 0 Å². The van der Waals surface area contributed by atoms with Crippen LogP contribution in [0.1, 0.15) is 65.2 Å². The second-order valence-electron chi connectivity index (χ2n) is 5.57. The zero-order chi connectivity index (χ0) is 15.0. The van der Waals surface area contributed by atoms with Crippen LogP contribution in [0.3, 0.4) is 0 Å². The maximum absolute atomic E-state index is 12.9. The third kappa shape index (κ3) is 4.05. The van der Waals surface area contributed by atoms with Crippen LogP contribution in [0, 0.1) is 5.92 Å². The zero-order valence-corrected chi connectivity index (χ0v) is 13.1. The molecule has 0 spiro atoms. The fraction of sp³-hybridized carbons (Fsp3) is 0.875. The number of Topliss-reactive ketones (excluding diaryl/α,β-unsaturated/α-hetero) is 1. The lowest BCUT2D eigenvalue weighted by atomic mass is 9.81. The third-order valence-electron chi connectivity index (χ3n) is 4.22. The maximum Gasteiger partial charge on any atom is 0.316 e. The second-order valence-corrected chi connectivity index (χ2v) is 5.57. The normalized spacial score (nSPS) is 19.9. The molecular formula is C16H28O4. The molecule has 1 aliphatic carbocycles. The highest BCUT2D eigenvalue weighted by molar-refractivity contribution is 6.03. The quantitative estimate of drug-likeness (QED) is 0.409. The Hall–Kier alpha value is -0.900. The molecule has 0 aromatic carbocycles. The van der Waals surface area contributed by atoms with Crippen molar-refractivity contribution in [2.24, 2.45) is 5.92 Å². The molecule has 0 N–H and O–H groups in total. The molecule has 1 atom stereocenters. The molecule has 0 radical (unpaired) electrons. The summed E-state index contributed by atoms with van der Waals surface area (Å²) in [6.45, 7) is 4.06. The van der Waals surface area contributed by atoms with E-state index in [1.807, 2.05) is 6.92 Å². The second kappa shape index (κ2) is 8.40. The zero-order valence-electron chi connectivity index (χ0n) is 13.1. The number of hydrogen-bond donors (Lipinski definition) is 0. The Morgan fingerprint density at radius 1 is 1.10 bits per heavy atom. The van der Waals surface area contributed by atoms with E-state index in [0.29, 0.717) is 13.0 Å². The van der Waals surface area contributed by atoms with Gasteiger partial charge in [0.15, 0.2) is 5.78 Å². The van der Waals surface area contributed by atoms with E-state index in [0.717, 1.165) is 44.9 Å². The van der Waals surface area contributed by atoms with E-state index in [1.165, 1.54) is 0 Å². The summed E-state index contributed by atoms with van der Waals surface area (Å²) in [5.41, 5.74) is -0.775. The van der Waals surface area contributed by atoms with Gasteiger partial charge < -0.3 is 9.47 Å². The molecule has 0 heterocycles. The summed E-state index contributed by atoms with van der Waals surface area (Å²) in [5.74, 6) is -1.12. The molecule has 1 aliphatic rings. The van der Waals surface area contributed by atoms with Gasteiger partial charge in [-0.05, 0) is 26.2 Å². The SMILES string of the molecule is CCCC(C(=O)OCC)C(=O)C1(OC)CCCCCC1. The largest absolute Gasteiger partial charge is 0.465 e. The Labute approximate surface area is 122 Å². The third-order valence-corrected chi connectivity index (χ3v) is 4.22.